The SMILES string of the molecule is CCCC/C=C/C/C=C/CCCCCCCC(=O)OC[C@H](COC(=O)CCC/C=C/C/C=C/C/C=C/C/C=C/CCCCC)OC(=O)CCCCCCC/C=C/C/C=C/CCCC. The molecule has 0 aliphatic carbocycles. The zero-order valence-corrected chi connectivity index (χ0v) is 40.8. The molecule has 0 radical (unpaired) electrons. The minimum Gasteiger partial charge on any atom is -0.462 e. The Kier molecular flexibility index (Phi) is 48.0. The van der Waals surface area contributed by atoms with E-state index in [-0.39, 0.29) is 37.5 Å². The maximum atomic E-state index is 12.8. The molecule has 0 bridgehead atoms. The summed E-state index contributed by atoms with van der Waals surface area (Å²) in [5.74, 6) is -0.998. The fourth-order valence-corrected chi connectivity index (χ4v) is 6.58. The second kappa shape index (κ2) is 51.0. The largest absolute Gasteiger partial charge is 0.462 e. The molecule has 6 nitrogen and oxygen atoms in total. The van der Waals surface area contributed by atoms with Crippen LogP contribution in [0.4, 0.5) is 0 Å². The molecule has 0 saturated carbocycles. The van der Waals surface area contributed by atoms with Gasteiger partial charge in [-0.1, -0.05) is 195 Å². The summed E-state index contributed by atoms with van der Waals surface area (Å²) >= 11 is 0. The topological polar surface area (TPSA) is 78.9 Å². The van der Waals surface area contributed by atoms with E-state index in [9.17, 15) is 14.4 Å². The molecule has 0 fully saturated rings. The van der Waals surface area contributed by atoms with E-state index in [2.05, 4.69) is 118 Å². The van der Waals surface area contributed by atoms with Crippen LogP contribution in [-0.2, 0) is 28.6 Å². The van der Waals surface area contributed by atoms with Crippen LogP contribution < -0.4 is 0 Å². The van der Waals surface area contributed by atoms with E-state index in [1.807, 2.05) is 0 Å². The Balaban J connectivity index is 4.53. The van der Waals surface area contributed by atoms with Crippen molar-refractivity contribution in [2.24, 2.45) is 0 Å². The molecule has 0 unspecified atom stereocenters. The van der Waals surface area contributed by atoms with Gasteiger partial charge in [-0.25, -0.2) is 0 Å². The Hall–Kier alpha value is -3.67. The average Bonchev–Trinajstić information content (AvgIpc) is 3.28. The molecule has 0 amide bonds. The summed E-state index contributed by atoms with van der Waals surface area (Å²) in [6.45, 7) is 6.44. The molecule has 63 heavy (non-hydrogen) atoms. The molecule has 0 aromatic rings. The van der Waals surface area contributed by atoms with Gasteiger partial charge in [-0.2, -0.15) is 0 Å². The van der Waals surface area contributed by atoms with Gasteiger partial charge < -0.3 is 14.2 Å². The van der Waals surface area contributed by atoms with E-state index >= 15 is 0 Å². The highest BCUT2D eigenvalue weighted by Gasteiger charge is 2.19. The first kappa shape index (κ1) is 59.3. The summed E-state index contributed by atoms with van der Waals surface area (Å²) < 4.78 is 16.7. The van der Waals surface area contributed by atoms with Crippen molar-refractivity contribution in [3.63, 3.8) is 0 Å². The van der Waals surface area contributed by atoms with E-state index in [0.29, 0.717) is 19.3 Å². The lowest BCUT2D eigenvalue weighted by Gasteiger charge is -2.18. The third kappa shape index (κ3) is 49.2. The average molecular weight is 875 g/mol. The lowest BCUT2D eigenvalue weighted by molar-refractivity contribution is -0.167. The Labute approximate surface area is 387 Å². The van der Waals surface area contributed by atoms with Crippen molar-refractivity contribution in [1.29, 1.82) is 0 Å². The standard InChI is InChI=1S/C57H94O6/c1-4-7-10-13-16-19-22-25-28-29-30-33-35-38-41-44-47-50-56(59)62-53-54(63-57(60)51-48-45-42-39-36-32-27-24-21-18-15-12-9-6-3)52-61-55(58)49-46-43-40-37-34-31-26-23-20-17-14-11-8-5-2/h14-19,23-28,30,33,38,41,54H,4-13,20-22,29,31-32,34-37,39-40,42-53H2,1-3H3/b17-14+,18-15+,19-16+,26-23+,27-24+,28-25+,33-30+,41-38+/t54-/m1/s1. The first-order valence-corrected chi connectivity index (χ1v) is 25.7. The van der Waals surface area contributed by atoms with Gasteiger partial charge in [0.2, 0.25) is 0 Å². The molecule has 0 heterocycles. The Morgan fingerprint density at radius 1 is 0.317 bits per heavy atom. The van der Waals surface area contributed by atoms with Crippen molar-refractivity contribution in [2.45, 2.75) is 232 Å². The van der Waals surface area contributed by atoms with Crippen molar-refractivity contribution in [1.82, 2.24) is 0 Å². The molecule has 0 rings (SSSR count). The van der Waals surface area contributed by atoms with Crippen molar-refractivity contribution < 1.29 is 28.6 Å². The van der Waals surface area contributed by atoms with Crippen LogP contribution in [0.15, 0.2) is 97.2 Å². The minimum absolute atomic E-state index is 0.109. The molecule has 0 spiro atoms. The summed E-state index contributed by atoms with van der Waals surface area (Å²) in [5.41, 5.74) is 0. The van der Waals surface area contributed by atoms with Crippen molar-refractivity contribution in [2.75, 3.05) is 13.2 Å². The number of esters is 3. The van der Waals surface area contributed by atoms with Crippen LogP contribution in [0.5, 0.6) is 0 Å². The monoisotopic (exact) mass is 875 g/mol. The van der Waals surface area contributed by atoms with Gasteiger partial charge in [-0.3, -0.25) is 14.4 Å². The molecule has 0 aromatic carbocycles. The summed E-state index contributed by atoms with van der Waals surface area (Å²) in [6.07, 6.45) is 66.7. The Morgan fingerprint density at radius 2 is 0.603 bits per heavy atom. The van der Waals surface area contributed by atoms with Gasteiger partial charge in [0.05, 0.1) is 0 Å². The number of unbranched alkanes of at least 4 members (excludes halogenated alkanes) is 18. The predicted molar refractivity (Wildman–Crippen MR) is 270 cm³/mol. The quantitative estimate of drug-likeness (QED) is 0.0262. The maximum Gasteiger partial charge on any atom is 0.306 e. The van der Waals surface area contributed by atoms with Crippen molar-refractivity contribution >= 4 is 17.9 Å². The zero-order valence-electron chi connectivity index (χ0n) is 40.8. The highest BCUT2D eigenvalue weighted by Crippen LogP contribution is 2.12. The number of rotatable bonds is 45. The zero-order chi connectivity index (χ0) is 45.8. The molecule has 0 aromatic heterocycles. The van der Waals surface area contributed by atoms with Crippen LogP contribution in [0.3, 0.4) is 0 Å². The predicted octanol–water partition coefficient (Wildman–Crippen LogP) is 17.0. The Morgan fingerprint density at radius 3 is 1.00 bits per heavy atom. The number of hydrogen-bond donors (Lipinski definition) is 0. The first-order chi connectivity index (χ1) is 31.0. The van der Waals surface area contributed by atoms with E-state index in [1.54, 1.807) is 0 Å². The van der Waals surface area contributed by atoms with Gasteiger partial charge in [-0.15, -0.1) is 0 Å². The lowest BCUT2D eigenvalue weighted by Crippen LogP contribution is -2.30. The number of allylic oxidation sites excluding steroid dienone is 16. The molecule has 0 N–H and O–H groups in total. The minimum atomic E-state index is -0.813. The van der Waals surface area contributed by atoms with Gasteiger partial charge >= 0.3 is 17.9 Å². The van der Waals surface area contributed by atoms with Gasteiger partial charge in [0.15, 0.2) is 6.10 Å². The summed E-state index contributed by atoms with van der Waals surface area (Å²) in [5, 5.41) is 0. The number of carbonyl (C=O) groups is 3. The van der Waals surface area contributed by atoms with Crippen LogP contribution in [0.25, 0.3) is 0 Å². The third-order valence-electron chi connectivity index (χ3n) is 10.5. The summed E-state index contributed by atoms with van der Waals surface area (Å²) in [4.78, 5) is 37.9. The highest BCUT2D eigenvalue weighted by molar-refractivity contribution is 5.71. The molecule has 0 aliphatic heterocycles. The van der Waals surface area contributed by atoms with Crippen LogP contribution in [0.2, 0.25) is 0 Å². The maximum absolute atomic E-state index is 12.8. The fourth-order valence-electron chi connectivity index (χ4n) is 6.58. The van der Waals surface area contributed by atoms with Crippen molar-refractivity contribution in [3.8, 4) is 0 Å². The van der Waals surface area contributed by atoms with E-state index < -0.39 is 6.10 Å². The molecule has 1 atom stereocenters. The molecular weight excluding hydrogens is 781 g/mol. The molecular formula is C57H94O6. The number of ether oxygens (including phenoxy) is 3. The smallest absolute Gasteiger partial charge is 0.306 e. The molecule has 6 heteroatoms. The third-order valence-corrected chi connectivity index (χ3v) is 10.5. The van der Waals surface area contributed by atoms with Crippen molar-refractivity contribution in [3.05, 3.63) is 97.2 Å². The van der Waals surface area contributed by atoms with Crippen LogP contribution in [0, 0.1) is 0 Å². The second-order valence-electron chi connectivity index (χ2n) is 16.7. The number of carbonyl (C=O) groups excluding carboxylic acids is 3. The van der Waals surface area contributed by atoms with Gasteiger partial charge in [0.1, 0.15) is 13.2 Å². The fraction of sp³-hybridized carbons (Fsp3) is 0.667. The van der Waals surface area contributed by atoms with Gasteiger partial charge in [-0.05, 0) is 109 Å². The Bertz CT molecular complexity index is 1280. The van der Waals surface area contributed by atoms with Crippen LogP contribution in [0.1, 0.15) is 226 Å². The van der Waals surface area contributed by atoms with Gasteiger partial charge in [0.25, 0.3) is 0 Å². The van der Waals surface area contributed by atoms with E-state index in [4.69, 9.17) is 14.2 Å². The van der Waals surface area contributed by atoms with Gasteiger partial charge in [0, 0.05) is 19.3 Å². The summed E-state index contributed by atoms with van der Waals surface area (Å²) in [7, 11) is 0. The lowest BCUT2D eigenvalue weighted by atomic mass is 10.1. The highest BCUT2D eigenvalue weighted by atomic mass is 16.6. The van der Waals surface area contributed by atoms with Crippen LogP contribution >= 0.6 is 0 Å². The second-order valence-corrected chi connectivity index (χ2v) is 16.7. The molecule has 0 aliphatic rings. The van der Waals surface area contributed by atoms with E-state index in [0.717, 1.165) is 116 Å². The van der Waals surface area contributed by atoms with E-state index in [1.165, 1.54) is 64.2 Å². The normalized spacial score (nSPS) is 12.9. The summed E-state index contributed by atoms with van der Waals surface area (Å²) in [6, 6.07) is 0. The first-order valence-electron chi connectivity index (χ1n) is 25.7. The molecule has 0 saturated heterocycles. The molecule has 358 valence electrons. The number of hydrogen-bond acceptors (Lipinski definition) is 6. The van der Waals surface area contributed by atoms with Crippen LogP contribution in [-0.4, -0.2) is 37.2 Å².